The van der Waals surface area contributed by atoms with E-state index in [-0.39, 0.29) is 17.7 Å². The predicted molar refractivity (Wildman–Crippen MR) is 89.9 cm³/mol. The zero-order chi connectivity index (χ0) is 19.1. The molecule has 0 aliphatic carbocycles. The molecule has 0 unspecified atom stereocenters. The number of hydrazine groups is 1. The van der Waals surface area contributed by atoms with Gasteiger partial charge in [-0.25, -0.2) is 5.43 Å². The zero-order valence-corrected chi connectivity index (χ0v) is 15.4. The van der Waals surface area contributed by atoms with Gasteiger partial charge in [-0.15, -0.1) is 0 Å². The summed E-state index contributed by atoms with van der Waals surface area (Å²) in [6.45, 7) is 6.95. The highest BCUT2D eigenvalue weighted by atomic mass is 16.5. The van der Waals surface area contributed by atoms with Crippen LogP contribution in [0.4, 0.5) is 0 Å². The van der Waals surface area contributed by atoms with Crippen LogP contribution in [0.25, 0.3) is 0 Å². The standard InChI is InChI=1S/C16H28N4O5/c1-9(2)13(18-11(4)21)14(22)17-10(3)15(23)20-8-6-7-12(19-20)16(24)25-5/h9-10,12-13,19H,6-8H2,1-5H3,(H,17,22)(H,18,21)/t10-,12-,13-/m0/s1. The molecule has 3 amide bonds. The van der Waals surface area contributed by atoms with E-state index in [9.17, 15) is 19.2 Å². The van der Waals surface area contributed by atoms with Crippen molar-refractivity contribution in [3.63, 3.8) is 0 Å². The van der Waals surface area contributed by atoms with Crippen molar-refractivity contribution in [3.8, 4) is 0 Å². The number of carbonyl (C=O) groups is 4. The molecule has 0 aromatic carbocycles. The predicted octanol–water partition coefficient (Wildman–Crippen LogP) is -0.680. The van der Waals surface area contributed by atoms with Gasteiger partial charge in [0.15, 0.2) is 0 Å². The lowest BCUT2D eigenvalue weighted by molar-refractivity contribution is -0.150. The van der Waals surface area contributed by atoms with Crippen LogP contribution in [0.15, 0.2) is 0 Å². The average molecular weight is 356 g/mol. The third-order valence-electron chi connectivity index (χ3n) is 3.98. The SMILES string of the molecule is COC(=O)[C@@H]1CCCN(C(=O)[C@H](C)NC(=O)[C@@H](NC(C)=O)C(C)C)N1. The van der Waals surface area contributed by atoms with Crippen LogP contribution >= 0.6 is 0 Å². The summed E-state index contributed by atoms with van der Waals surface area (Å²) in [4.78, 5) is 47.7. The average Bonchev–Trinajstić information content (AvgIpc) is 2.57. The number of nitrogens with zero attached hydrogens (tertiary/aromatic N) is 1. The van der Waals surface area contributed by atoms with Crippen molar-refractivity contribution in [2.24, 2.45) is 5.92 Å². The molecule has 142 valence electrons. The highest BCUT2D eigenvalue weighted by molar-refractivity contribution is 5.91. The first-order valence-electron chi connectivity index (χ1n) is 8.40. The minimum absolute atomic E-state index is 0.122. The number of hydrogen-bond donors (Lipinski definition) is 3. The van der Waals surface area contributed by atoms with Gasteiger partial charge >= 0.3 is 5.97 Å². The Morgan fingerprint density at radius 1 is 1.16 bits per heavy atom. The van der Waals surface area contributed by atoms with Gasteiger partial charge in [0.25, 0.3) is 5.91 Å². The van der Waals surface area contributed by atoms with Crippen LogP contribution < -0.4 is 16.1 Å². The fourth-order valence-corrected chi connectivity index (χ4v) is 2.61. The smallest absolute Gasteiger partial charge is 0.324 e. The van der Waals surface area contributed by atoms with E-state index in [1.807, 2.05) is 0 Å². The lowest BCUT2D eigenvalue weighted by atomic mass is 10.0. The van der Waals surface area contributed by atoms with E-state index in [0.29, 0.717) is 19.4 Å². The first kappa shape index (κ1) is 20.9. The fourth-order valence-electron chi connectivity index (χ4n) is 2.61. The maximum Gasteiger partial charge on any atom is 0.324 e. The van der Waals surface area contributed by atoms with E-state index < -0.39 is 30.0 Å². The van der Waals surface area contributed by atoms with Crippen molar-refractivity contribution >= 4 is 23.7 Å². The summed E-state index contributed by atoms with van der Waals surface area (Å²) in [6.07, 6.45) is 1.23. The molecule has 1 aliphatic rings. The van der Waals surface area contributed by atoms with Gasteiger partial charge in [-0.1, -0.05) is 13.8 Å². The molecule has 1 aliphatic heterocycles. The molecule has 1 fully saturated rings. The summed E-state index contributed by atoms with van der Waals surface area (Å²) in [5, 5.41) is 6.53. The topological polar surface area (TPSA) is 117 Å². The van der Waals surface area contributed by atoms with E-state index in [0.717, 1.165) is 0 Å². The molecule has 0 saturated carbocycles. The van der Waals surface area contributed by atoms with Crippen molar-refractivity contribution in [2.75, 3.05) is 13.7 Å². The van der Waals surface area contributed by atoms with Crippen molar-refractivity contribution in [2.45, 2.75) is 58.7 Å². The summed E-state index contributed by atoms with van der Waals surface area (Å²) in [5.41, 5.74) is 2.83. The Labute approximate surface area is 147 Å². The number of esters is 1. The van der Waals surface area contributed by atoms with Crippen molar-refractivity contribution in [3.05, 3.63) is 0 Å². The number of ether oxygens (including phenoxy) is 1. The molecular weight excluding hydrogens is 328 g/mol. The second kappa shape index (κ2) is 9.36. The van der Waals surface area contributed by atoms with E-state index in [4.69, 9.17) is 0 Å². The summed E-state index contributed by atoms with van der Waals surface area (Å²) in [6, 6.07) is -2.09. The summed E-state index contributed by atoms with van der Waals surface area (Å²) < 4.78 is 4.69. The van der Waals surface area contributed by atoms with E-state index in [1.54, 1.807) is 20.8 Å². The van der Waals surface area contributed by atoms with E-state index >= 15 is 0 Å². The normalized spacial score (nSPS) is 19.8. The van der Waals surface area contributed by atoms with Crippen LogP contribution in [0.3, 0.4) is 0 Å². The van der Waals surface area contributed by atoms with Gasteiger partial charge in [0, 0.05) is 13.5 Å². The third kappa shape index (κ3) is 6.00. The lowest BCUT2D eigenvalue weighted by Crippen LogP contribution is -2.60. The molecular formula is C16H28N4O5. The van der Waals surface area contributed by atoms with Gasteiger partial charge < -0.3 is 15.4 Å². The van der Waals surface area contributed by atoms with Gasteiger partial charge in [-0.05, 0) is 25.7 Å². The second-order valence-electron chi connectivity index (χ2n) is 6.49. The molecule has 9 nitrogen and oxygen atoms in total. The Kier molecular flexibility index (Phi) is 7.82. The van der Waals surface area contributed by atoms with Gasteiger partial charge in [0.2, 0.25) is 11.8 Å². The number of nitrogens with one attached hydrogen (secondary N) is 3. The molecule has 1 saturated heterocycles. The molecule has 1 rings (SSSR count). The number of methoxy groups -OCH3 is 1. The minimum Gasteiger partial charge on any atom is -0.468 e. The van der Waals surface area contributed by atoms with Gasteiger partial charge in [-0.3, -0.25) is 24.2 Å². The Hall–Kier alpha value is -2.16. The molecule has 0 spiro atoms. The molecule has 3 atom stereocenters. The number of carbonyl (C=O) groups excluding carboxylic acids is 4. The van der Waals surface area contributed by atoms with Crippen molar-refractivity contribution in [1.82, 2.24) is 21.1 Å². The molecule has 0 aromatic rings. The largest absolute Gasteiger partial charge is 0.468 e. The summed E-state index contributed by atoms with van der Waals surface area (Å²) in [7, 11) is 1.29. The molecule has 1 heterocycles. The Morgan fingerprint density at radius 2 is 1.80 bits per heavy atom. The second-order valence-corrected chi connectivity index (χ2v) is 6.49. The highest BCUT2D eigenvalue weighted by Crippen LogP contribution is 2.10. The third-order valence-corrected chi connectivity index (χ3v) is 3.98. The molecule has 25 heavy (non-hydrogen) atoms. The molecule has 9 heteroatoms. The van der Waals surface area contributed by atoms with Crippen LogP contribution in [-0.2, 0) is 23.9 Å². The summed E-state index contributed by atoms with van der Waals surface area (Å²) >= 11 is 0. The van der Waals surface area contributed by atoms with Crippen molar-refractivity contribution in [1.29, 1.82) is 0 Å². The van der Waals surface area contributed by atoms with Crippen LogP contribution in [0.2, 0.25) is 0 Å². The zero-order valence-electron chi connectivity index (χ0n) is 15.4. The maximum absolute atomic E-state index is 12.5. The lowest BCUT2D eigenvalue weighted by Gasteiger charge is -2.34. The van der Waals surface area contributed by atoms with E-state index in [1.165, 1.54) is 19.0 Å². The monoisotopic (exact) mass is 356 g/mol. The van der Waals surface area contributed by atoms with Crippen LogP contribution in [0.1, 0.15) is 40.5 Å². The number of amides is 3. The van der Waals surface area contributed by atoms with Gasteiger partial charge in [-0.2, -0.15) is 0 Å². The quantitative estimate of drug-likeness (QED) is 0.543. The Bertz CT molecular complexity index is 523. The first-order chi connectivity index (χ1) is 11.7. The van der Waals surface area contributed by atoms with Crippen LogP contribution in [-0.4, -0.2) is 60.5 Å². The number of rotatable bonds is 6. The van der Waals surface area contributed by atoms with Gasteiger partial charge in [0.1, 0.15) is 18.1 Å². The highest BCUT2D eigenvalue weighted by Gasteiger charge is 2.32. The Balaban J connectivity index is 2.67. The minimum atomic E-state index is -0.800. The van der Waals surface area contributed by atoms with Gasteiger partial charge in [0.05, 0.1) is 7.11 Å². The van der Waals surface area contributed by atoms with Crippen molar-refractivity contribution < 1.29 is 23.9 Å². The number of hydrogen-bond acceptors (Lipinski definition) is 6. The Morgan fingerprint density at radius 3 is 2.32 bits per heavy atom. The van der Waals surface area contributed by atoms with Crippen LogP contribution in [0, 0.1) is 5.92 Å². The molecule has 0 radical (unpaired) electrons. The van der Waals surface area contributed by atoms with Crippen LogP contribution in [0.5, 0.6) is 0 Å². The molecule has 3 N–H and O–H groups in total. The van der Waals surface area contributed by atoms with E-state index in [2.05, 4.69) is 20.8 Å². The fraction of sp³-hybridized carbons (Fsp3) is 0.750. The molecule has 0 aromatic heterocycles. The summed E-state index contributed by atoms with van der Waals surface area (Å²) in [5.74, 6) is -1.64. The first-order valence-corrected chi connectivity index (χ1v) is 8.40. The maximum atomic E-state index is 12.5. The molecule has 0 bridgehead atoms.